The van der Waals surface area contributed by atoms with E-state index in [1.807, 2.05) is 13.1 Å². The van der Waals surface area contributed by atoms with Crippen LogP contribution in [-0.4, -0.2) is 15.7 Å². The number of aryl methyl sites for hydroxylation is 1. The summed E-state index contributed by atoms with van der Waals surface area (Å²) in [5.41, 5.74) is 1.04. The highest BCUT2D eigenvalue weighted by Crippen LogP contribution is 2.28. The van der Waals surface area contributed by atoms with Crippen molar-refractivity contribution in [1.29, 1.82) is 0 Å². The van der Waals surface area contributed by atoms with E-state index >= 15 is 0 Å². The predicted molar refractivity (Wildman–Crippen MR) is 47.8 cm³/mol. The molecule has 1 aliphatic rings. The van der Waals surface area contributed by atoms with Crippen LogP contribution in [0.5, 0.6) is 0 Å². The lowest BCUT2D eigenvalue weighted by molar-refractivity contribution is -0.122. The molecule has 13 heavy (non-hydrogen) atoms. The summed E-state index contributed by atoms with van der Waals surface area (Å²) in [5.74, 6) is 0.467. The largest absolute Gasteiger partial charge is 0.350 e. The predicted octanol–water partition coefficient (Wildman–Crippen LogP) is 0.446. The molecule has 1 aromatic rings. The van der Waals surface area contributed by atoms with E-state index in [9.17, 15) is 4.79 Å². The molecule has 0 bridgehead atoms. The standard InChI is InChI=1S/C9H13N3O/c1-12-8(4-5-11-12)6-10-9(13)7-2-3-7/h4-5,7H,2-3,6H2,1H3,(H,10,13). The summed E-state index contributed by atoms with van der Waals surface area (Å²) in [6, 6.07) is 1.91. The van der Waals surface area contributed by atoms with Gasteiger partial charge in [0.15, 0.2) is 0 Å². The van der Waals surface area contributed by atoms with Gasteiger partial charge in [-0.15, -0.1) is 0 Å². The van der Waals surface area contributed by atoms with Crippen LogP contribution in [0.3, 0.4) is 0 Å². The lowest BCUT2D eigenvalue weighted by Crippen LogP contribution is -2.25. The zero-order chi connectivity index (χ0) is 9.26. The zero-order valence-corrected chi connectivity index (χ0v) is 7.66. The number of nitrogens with zero attached hydrogens (tertiary/aromatic N) is 2. The SMILES string of the molecule is Cn1nccc1CNC(=O)C1CC1. The molecule has 1 N–H and O–H groups in total. The number of hydrogen-bond donors (Lipinski definition) is 1. The maximum absolute atomic E-state index is 11.3. The number of nitrogens with one attached hydrogen (secondary N) is 1. The summed E-state index contributed by atoms with van der Waals surface area (Å²) >= 11 is 0. The summed E-state index contributed by atoms with van der Waals surface area (Å²) in [5, 5.41) is 6.91. The van der Waals surface area contributed by atoms with Crippen LogP contribution in [0.2, 0.25) is 0 Å². The average Bonchev–Trinajstić information content (AvgIpc) is 2.88. The van der Waals surface area contributed by atoms with Gasteiger partial charge in [-0.25, -0.2) is 0 Å². The van der Waals surface area contributed by atoms with Crippen molar-refractivity contribution in [2.24, 2.45) is 13.0 Å². The fourth-order valence-corrected chi connectivity index (χ4v) is 1.24. The summed E-state index contributed by atoms with van der Waals surface area (Å²) in [7, 11) is 1.87. The molecule has 1 amide bonds. The van der Waals surface area contributed by atoms with E-state index in [1.165, 1.54) is 0 Å². The van der Waals surface area contributed by atoms with Gasteiger partial charge in [-0.05, 0) is 18.9 Å². The molecule has 1 aromatic heterocycles. The summed E-state index contributed by atoms with van der Waals surface area (Å²) in [6.45, 7) is 0.589. The second-order valence-corrected chi connectivity index (χ2v) is 3.44. The van der Waals surface area contributed by atoms with E-state index in [0.717, 1.165) is 18.5 Å². The number of carbonyl (C=O) groups excluding carboxylic acids is 1. The van der Waals surface area contributed by atoms with Crippen LogP contribution in [0, 0.1) is 5.92 Å². The van der Waals surface area contributed by atoms with Crippen LogP contribution in [0.1, 0.15) is 18.5 Å². The molecule has 1 fully saturated rings. The minimum absolute atomic E-state index is 0.182. The van der Waals surface area contributed by atoms with Gasteiger partial charge in [-0.1, -0.05) is 0 Å². The van der Waals surface area contributed by atoms with E-state index in [0.29, 0.717) is 6.54 Å². The van der Waals surface area contributed by atoms with E-state index in [2.05, 4.69) is 10.4 Å². The molecule has 1 aliphatic carbocycles. The molecular formula is C9H13N3O. The van der Waals surface area contributed by atoms with Crippen LogP contribution < -0.4 is 5.32 Å². The van der Waals surface area contributed by atoms with Crippen molar-refractivity contribution in [2.45, 2.75) is 19.4 Å². The Balaban J connectivity index is 1.85. The Labute approximate surface area is 76.9 Å². The Bertz CT molecular complexity index is 314. The fourth-order valence-electron chi connectivity index (χ4n) is 1.24. The molecular weight excluding hydrogens is 166 g/mol. The van der Waals surface area contributed by atoms with Crippen molar-refractivity contribution in [3.05, 3.63) is 18.0 Å². The van der Waals surface area contributed by atoms with Crippen molar-refractivity contribution in [3.63, 3.8) is 0 Å². The molecule has 0 aliphatic heterocycles. The van der Waals surface area contributed by atoms with Crippen molar-refractivity contribution in [3.8, 4) is 0 Å². The van der Waals surface area contributed by atoms with E-state index in [-0.39, 0.29) is 11.8 Å². The van der Waals surface area contributed by atoms with E-state index in [4.69, 9.17) is 0 Å². The zero-order valence-electron chi connectivity index (χ0n) is 7.66. The number of hydrogen-bond acceptors (Lipinski definition) is 2. The van der Waals surface area contributed by atoms with Crippen molar-refractivity contribution >= 4 is 5.91 Å². The highest BCUT2D eigenvalue weighted by Gasteiger charge is 2.29. The molecule has 0 atom stereocenters. The van der Waals surface area contributed by atoms with Crippen molar-refractivity contribution in [1.82, 2.24) is 15.1 Å². The van der Waals surface area contributed by atoms with E-state index in [1.54, 1.807) is 10.9 Å². The summed E-state index contributed by atoms with van der Waals surface area (Å²) < 4.78 is 1.77. The van der Waals surface area contributed by atoms with Gasteiger partial charge in [0.2, 0.25) is 5.91 Å². The molecule has 0 unspecified atom stereocenters. The second-order valence-electron chi connectivity index (χ2n) is 3.44. The molecule has 0 saturated heterocycles. The Hall–Kier alpha value is -1.32. The average molecular weight is 179 g/mol. The Morgan fingerprint density at radius 2 is 2.54 bits per heavy atom. The summed E-state index contributed by atoms with van der Waals surface area (Å²) in [6.07, 6.45) is 3.84. The van der Waals surface area contributed by atoms with Gasteiger partial charge in [0, 0.05) is 19.2 Å². The number of amides is 1. The maximum atomic E-state index is 11.3. The summed E-state index contributed by atoms with van der Waals surface area (Å²) in [4.78, 5) is 11.3. The van der Waals surface area contributed by atoms with Crippen LogP contribution in [-0.2, 0) is 18.4 Å². The highest BCUT2D eigenvalue weighted by atomic mass is 16.2. The first-order valence-electron chi connectivity index (χ1n) is 4.52. The first-order chi connectivity index (χ1) is 6.27. The topological polar surface area (TPSA) is 46.9 Å². The molecule has 2 rings (SSSR count). The van der Waals surface area contributed by atoms with E-state index < -0.39 is 0 Å². The van der Waals surface area contributed by atoms with Crippen molar-refractivity contribution in [2.75, 3.05) is 0 Å². The molecule has 0 radical (unpaired) electrons. The van der Waals surface area contributed by atoms with Gasteiger partial charge in [0.1, 0.15) is 0 Å². The molecule has 0 aromatic carbocycles. The smallest absolute Gasteiger partial charge is 0.223 e. The van der Waals surface area contributed by atoms with Gasteiger partial charge in [0.05, 0.1) is 12.2 Å². The Morgan fingerprint density at radius 1 is 1.77 bits per heavy atom. The van der Waals surface area contributed by atoms with Gasteiger partial charge in [0.25, 0.3) is 0 Å². The minimum atomic E-state index is 0.182. The third kappa shape index (κ3) is 1.88. The third-order valence-electron chi connectivity index (χ3n) is 2.31. The van der Waals surface area contributed by atoms with Gasteiger partial charge < -0.3 is 5.32 Å². The Morgan fingerprint density at radius 3 is 3.08 bits per heavy atom. The normalized spacial score (nSPS) is 15.8. The highest BCUT2D eigenvalue weighted by molar-refractivity contribution is 5.80. The van der Waals surface area contributed by atoms with Crippen LogP contribution in [0.15, 0.2) is 12.3 Å². The van der Waals surface area contributed by atoms with Crippen LogP contribution >= 0.6 is 0 Å². The molecule has 1 heterocycles. The van der Waals surface area contributed by atoms with Gasteiger partial charge in [-0.3, -0.25) is 9.48 Å². The fraction of sp³-hybridized carbons (Fsp3) is 0.556. The van der Waals surface area contributed by atoms with Crippen LogP contribution in [0.4, 0.5) is 0 Å². The molecule has 1 saturated carbocycles. The first-order valence-corrected chi connectivity index (χ1v) is 4.52. The van der Waals surface area contributed by atoms with Gasteiger partial charge >= 0.3 is 0 Å². The monoisotopic (exact) mass is 179 g/mol. The number of aromatic nitrogens is 2. The minimum Gasteiger partial charge on any atom is -0.350 e. The molecule has 4 heteroatoms. The van der Waals surface area contributed by atoms with Gasteiger partial charge in [-0.2, -0.15) is 5.10 Å². The second kappa shape index (κ2) is 3.20. The third-order valence-corrected chi connectivity index (χ3v) is 2.31. The quantitative estimate of drug-likeness (QED) is 0.732. The molecule has 70 valence electrons. The number of rotatable bonds is 3. The lowest BCUT2D eigenvalue weighted by atomic mass is 10.3. The number of carbonyl (C=O) groups is 1. The van der Waals surface area contributed by atoms with Crippen LogP contribution in [0.25, 0.3) is 0 Å². The molecule has 4 nitrogen and oxygen atoms in total. The first kappa shape index (κ1) is 8.29. The van der Waals surface area contributed by atoms with Crippen molar-refractivity contribution < 1.29 is 4.79 Å². The Kier molecular flexibility index (Phi) is 2.04. The maximum Gasteiger partial charge on any atom is 0.223 e. The lowest BCUT2D eigenvalue weighted by Gasteiger charge is -2.03. The molecule has 0 spiro atoms.